The molecule has 4 nitrogen and oxygen atoms in total. The second kappa shape index (κ2) is 15.6. The number of carbonyl (C=O) groups is 1. The Hall–Kier alpha value is -4.21. The van der Waals surface area contributed by atoms with Gasteiger partial charge < -0.3 is 14.6 Å². The first-order chi connectivity index (χ1) is 22.6. The number of ether oxygens (including phenoxy) is 2. The van der Waals surface area contributed by atoms with E-state index in [4.69, 9.17) is 9.47 Å². The Balaban J connectivity index is 1.30. The molecular formula is C38H35F3O4S2. The Morgan fingerprint density at radius 1 is 0.894 bits per heavy atom. The van der Waals surface area contributed by atoms with E-state index in [9.17, 15) is 23.1 Å². The van der Waals surface area contributed by atoms with Gasteiger partial charge in [0.2, 0.25) is 0 Å². The summed E-state index contributed by atoms with van der Waals surface area (Å²) < 4.78 is 51.4. The molecule has 5 rings (SSSR count). The lowest BCUT2D eigenvalue weighted by Gasteiger charge is -2.15. The molecule has 0 aliphatic rings. The van der Waals surface area contributed by atoms with Gasteiger partial charge in [0.1, 0.15) is 18.1 Å². The molecule has 1 heterocycles. The Morgan fingerprint density at radius 3 is 2.19 bits per heavy atom. The van der Waals surface area contributed by atoms with Gasteiger partial charge >= 0.3 is 12.1 Å². The number of thioether (sulfide) groups is 1. The number of aliphatic carboxylic acids is 1. The minimum absolute atomic E-state index is 0.315. The highest BCUT2D eigenvalue weighted by atomic mass is 32.2. The van der Waals surface area contributed by atoms with Gasteiger partial charge in [-0.25, -0.2) is 4.79 Å². The van der Waals surface area contributed by atoms with E-state index in [1.54, 1.807) is 24.8 Å². The number of carboxylic acid groups (broad SMARTS) is 1. The van der Waals surface area contributed by atoms with Crippen LogP contribution in [0.4, 0.5) is 13.2 Å². The standard InChI is InChI=1S/C38H35F3O4S2/c1-3-33(37(42)43)45-34-20-19-32(21-25(34)2)46-24-36-29(22-35(47-36)28-13-15-30(16-14-28)38(39,40)41)23-44-31-17-11-27(12-18-31)10-9-26-7-5-4-6-8-26/h4-8,11-22,33H,3,9-10,23-24H2,1-2H3,(H,42,43). The largest absolute Gasteiger partial charge is 0.489 e. The lowest BCUT2D eigenvalue weighted by atomic mass is 10.0. The molecule has 1 atom stereocenters. The maximum Gasteiger partial charge on any atom is 0.416 e. The normalized spacial score (nSPS) is 12.1. The van der Waals surface area contributed by atoms with Gasteiger partial charge in [-0.3, -0.25) is 0 Å². The highest BCUT2D eigenvalue weighted by molar-refractivity contribution is 7.98. The molecule has 1 aromatic heterocycles. The highest BCUT2D eigenvalue weighted by Crippen LogP contribution is 2.38. The van der Waals surface area contributed by atoms with Gasteiger partial charge in [-0.05, 0) is 97.0 Å². The smallest absolute Gasteiger partial charge is 0.416 e. The van der Waals surface area contributed by atoms with Crippen LogP contribution in [0.1, 0.15) is 46.0 Å². The molecule has 0 saturated carbocycles. The average molecular weight is 677 g/mol. The highest BCUT2D eigenvalue weighted by Gasteiger charge is 2.30. The van der Waals surface area contributed by atoms with Crippen LogP contribution in [0.5, 0.6) is 11.5 Å². The van der Waals surface area contributed by atoms with E-state index >= 15 is 0 Å². The van der Waals surface area contributed by atoms with Gasteiger partial charge in [0, 0.05) is 26.0 Å². The third-order valence-corrected chi connectivity index (χ3v) is 10.1. The van der Waals surface area contributed by atoms with Crippen LogP contribution in [0.15, 0.2) is 108 Å². The predicted octanol–water partition coefficient (Wildman–Crippen LogP) is 10.6. The second-order valence-corrected chi connectivity index (χ2v) is 13.3. The Labute approximate surface area is 281 Å². The first kappa shape index (κ1) is 34.1. The van der Waals surface area contributed by atoms with Crippen LogP contribution in [0.2, 0.25) is 0 Å². The minimum Gasteiger partial charge on any atom is -0.489 e. The van der Waals surface area contributed by atoms with Crippen molar-refractivity contribution < 1.29 is 32.5 Å². The van der Waals surface area contributed by atoms with Gasteiger partial charge in [0.25, 0.3) is 0 Å². The number of carboxylic acids is 1. The number of halogens is 3. The summed E-state index contributed by atoms with van der Waals surface area (Å²) in [6, 6.07) is 31.3. The lowest BCUT2D eigenvalue weighted by molar-refractivity contribution is -0.145. The Kier molecular flexibility index (Phi) is 11.3. The first-order valence-corrected chi connectivity index (χ1v) is 17.1. The van der Waals surface area contributed by atoms with Crippen molar-refractivity contribution in [3.8, 4) is 21.9 Å². The molecule has 0 aliphatic carbocycles. The molecule has 244 valence electrons. The van der Waals surface area contributed by atoms with E-state index < -0.39 is 23.8 Å². The molecule has 1 unspecified atom stereocenters. The molecule has 4 aromatic carbocycles. The molecule has 5 aromatic rings. The summed E-state index contributed by atoms with van der Waals surface area (Å²) in [5.74, 6) is 0.895. The van der Waals surface area contributed by atoms with E-state index in [0.29, 0.717) is 30.1 Å². The number of hydrogen-bond acceptors (Lipinski definition) is 5. The van der Waals surface area contributed by atoms with Crippen molar-refractivity contribution in [2.75, 3.05) is 0 Å². The van der Waals surface area contributed by atoms with Crippen molar-refractivity contribution in [2.24, 2.45) is 0 Å². The van der Waals surface area contributed by atoms with Crippen molar-refractivity contribution >= 4 is 29.1 Å². The van der Waals surface area contributed by atoms with Crippen molar-refractivity contribution in [2.45, 2.75) is 62.6 Å². The minimum atomic E-state index is -4.39. The number of thiophene rings is 1. The van der Waals surface area contributed by atoms with Crippen LogP contribution in [0.3, 0.4) is 0 Å². The van der Waals surface area contributed by atoms with Gasteiger partial charge in [-0.2, -0.15) is 13.2 Å². The lowest BCUT2D eigenvalue weighted by Crippen LogP contribution is -2.26. The maximum atomic E-state index is 13.2. The zero-order valence-electron chi connectivity index (χ0n) is 26.1. The molecule has 47 heavy (non-hydrogen) atoms. The van der Waals surface area contributed by atoms with Crippen LogP contribution in [-0.4, -0.2) is 17.2 Å². The second-order valence-electron chi connectivity index (χ2n) is 11.1. The van der Waals surface area contributed by atoms with Crippen LogP contribution >= 0.6 is 23.1 Å². The fourth-order valence-electron chi connectivity index (χ4n) is 4.98. The summed E-state index contributed by atoms with van der Waals surface area (Å²) in [4.78, 5) is 14.3. The Bertz CT molecular complexity index is 1770. The summed E-state index contributed by atoms with van der Waals surface area (Å²) in [7, 11) is 0. The van der Waals surface area contributed by atoms with Crippen molar-refractivity contribution in [1.29, 1.82) is 0 Å². The maximum absolute atomic E-state index is 13.2. The van der Waals surface area contributed by atoms with Crippen LogP contribution < -0.4 is 9.47 Å². The molecule has 0 saturated heterocycles. The molecule has 9 heteroatoms. The molecule has 1 N–H and O–H groups in total. The number of benzene rings is 4. The topological polar surface area (TPSA) is 55.8 Å². The summed E-state index contributed by atoms with van der Waals surface area (Å²) in [5, 5.41) is 9.35. The summed E-state index contributed by atoms with van der Waals surface area (Å²) in [6.07, 6.45) is -3.06. The fraction of sp³-hybridized carbons (Fsp3) is 0.237. The van der Waals surface area contributed by atoms with E-state index in [1.807, 2.05) is 55.5 Å². The van der Waals surface area contributed by atoms with E-state index in [2.05, 4.69) is 24.3 Å². The van der Waals surface area contributed by atoms with Gasteiger partial charge in [-0.15, -0.1) is 23.1 Å². The van der Waals surface area contributed by atoms with E-state index in [-0.39, 0.29) is 0 Å². The number of alkyl halides is 3. The number of hydrogen-bond donors (Lipinski definition) is 1. The SMILES string of the molecule is CCC(Oc1ccc(SCc2sc(-c3ccc(C(F)(F)F)cc3)cc2COc2ccc(CCc3ccccc3)cc2)cc1C)C(=O)O. The summed E-state index contributed by atoms with van der Waals surface area (Å²) in [5.41, 5.74) is 4.35. The quantitative estimate of drug-likeness (QED) is 0.119. The molecule has 0 radical (unpaired) electrons. The Morgan fingerprint density at radius 2 is 1.57 bits per heavy atom. The van der Waals surface area contributed by atoms with E-state index in [0.717, 1.165) is 56.5 Å². The molecule has 0 bridgehead atoms. The third kappa shape index (κ3) is 9.42. The van der Waals surface area contributed by atoms with Crippen molar-refractivity contribution in [3.05, 3.63) is 136 Å². The zero-order chi connectivity index (χ0) is 33.4. The van der Waals surface area contributed by atoms with Crippen LogP contribution in [0.25, 0.3) is 10.4 Å². The molecule has 0 aliphatic heterocycles. The van der Waals surface area contributed by atoms with Crippen molar-refractivity contribution in [3.63, 3.8) is 0 Å². The van der Waals surface area contributed by atoms with Crippen molar-refractivity contribution in [1.82, 2.24) is 0 Å². The van der Waals surface area contributed by atoms with Crippen LogP contribution in [0, 0.1) is 6.92 Å². The van der Waals surface area contributed by atoms with Gasteiger partial charge in [0.15, 0.2) is 6.10 Å². The zero-order valence-corrected chi connectivity index (χ0v) is 27.7. The summed E-state index contributed by atoms with van der Waals surface area (Å²) >= 11 is 3.15. The fourth-order valence-corrected chi connectivity index (χ4v) is 7.27. The summed E-state index contributed by atoms with van der Waals surface area (Å²) in [6.45, 7) is 3.96. The van der Waals surface area contributed by atoms with Crippen LogP contribution in [-0.2, 0) is 36.2 Å². The number of aryl methyl sites for hydroxylation is 3. The average Bonchev–Trinajstić information content (AvgIpc) is 3.48. The molecular weight excluding hydrogens is 642 g/mol. The van der Waals surface area contributed by atoms with Gasteiger partial charge in [0.05, 0.1) is 5.56 Å². The molecule has 0 amide bonds. The predicted molar refractivity (Wildman–Crippen MR) is 182 cm³/mol. The number of rotatable bonds is 14. The first-order valence-electron chi connectivity index (χ1n) is 15.3. The molecule has 0 spiro atoms. The van der Waals surface area contributed by atoms with Gasteiger partial charge in [-0.1, -0.05) is 61.5 Å². The van der Waals surface area contributed by atoms with E-state index in [1.165, 1.54) is 34.6 Å². The monoisotopic (exact) mass is 676 g/mol. The third-order valence-electron chi connectivity index (χ3n) is 7.69. The molecule has 0 fully saturated rings.